The fourth-order valence-corrected chi connectivity index (χ4v) is 2.99. The number of nitrogens with one attached hydrogen (secondary N) is 1. The van der Waals surface area contributed by atoms with Crippen molar-refractivity contribution in [3.05, 3.63) is 29.8 Å². The predicted molar refractivity (Wildman–Crippen MR) is 89.9 cm³/mol. The highest BCUT2D eigenvalue weighted by Crippen LogP contribution is 2.30. The number of nitrogens with two attached hydrogens (primary N) is 1. The number of hydrogen-bond donors (Lipinski definition) is 2. The Bertz CT molecular complexity index is 595. The Morgan fingerprint density at radius 2 is 2.00 bits per heavy atom. The van der Waals surface area contributed by atoms with E-state index in [1.54, 1.807) is 0 Å². The van der Waals surface area contributed by atoms with Gasteiger partial charge in [-0.25, -0.2) is 0 Å². The molecular weight excluding hydrogens is 290 g/mol. The molecule has 1 saturated heterocycles. The number of likely N-dealkylation sites (tertiary alicyclic amines) is 1. The van der Waals surface area contributed by atoms with Crippen molar-refractivity contribution in [3.63, 3.8) is 0 Å². The van der Waals surface area contributed by atoms with Crippen molar-refractivity contribution >= 4 is 17.5 Å². The second-order valence-corrected chi connectivity index (χ2v) is 7.22. The van der Waals surface area contributed by atoms with Crippen molar-refractivity contribution in [2.75, 3.05) is 25.0 Å². The lowest BCUT2D eigenvalue weighted by atomic mass is 9.90. The number of amides is 2. The summed E-state index contributed by atoms with van der Waals surface area (Å²) in [5.74, 6) is 0.451. The molecule has 0 spiro atoms. The van der Waals surface area contributed by atoms with Gasteiger partial charge in [0.1, 0.15) is 0 Å². The fraction of sp³-hybridized carbons (Fsp3) is 0.556. The van der Waals surface area contributed by atoms with Crippen LogP contribution in [0.1, 0.15) is 31.7 Å². The molecule has 3 N–H and O–H groups in total. The standard InChI is InChI=1S/C18H25N3O2/c1-18(11-19)8-9-21(12-18)16(22)10-13-2-6-15(7-3-13)20-17(23)14-4-5-14/h2-3,6-7,14H,4-5,8-12,19H2,1H3,(H,20,23). The minimum atomic E-state index is 0.0621. The third-order valence-corrected chi connectivity index (χ3v) is 4.93. The average molecular weight is 315 g/mol. The molecule has 0 aromatic heterocycles. The number of benzene rings is 1. The van der Waals surface area contributed by atoms with Crippen molar-refractivity contribution in [2.24, 2.45) is 17.1 Å². The third kappa shape index (κ3) is 3.91. The molecule has 0 radical (unpaired) electrons. The molecule has 23 heavy (non-hydrogen) atoms. The summed E-state index contributed by atoms with van der Waals surface area (Å²) >= 11 is 0. The molecule has 1 saturated carbocycles. The number of carbonyl (C=O) groups excluding carboxylic acids is 2. The summed E-state index contributed by atoms with van der Waals surface area (Å²) < 4.78 is 0. The Morgan fingerprint density at radius 3 is 2.57 bits per heavy atom. The summed E-state index contributed by atoms with van der Waals surface area (Å²) in [5, 5.41) is 2.91. The molecule has 1 atom stereocenters. The normalized spacial score (nSPS) is 23.8. The highest BCUT2D eigenvalue weighted by Gasteiger charge is 2.34. The van der Waals surface area contributed by atoms with Gasteiger partial charge in [-0.15, -0.1) is 0 Å². The average Bonchev–Trinajstić information content (AvgIpc) is 3.32. The Hall–Kier alpha value is -1.88. The van der Waals surface area contributed by atoms with Gasteiger partial charge in [0.15, 0.2) is 0 Å². The smallest absolute Gasteiger partial charge is 0.227 e. The molecule has 0 bridgehead atoms. The van der Waals surface area contributed by atoms with Gasteiger partial charge in [-0.3, -0.25) is 9.59 Å². The summed E-state index contributed by atoms with van der Waals surface area (Å²) in [6.07, 6.45) is 3.37. The van der Waals surface area contributed by atoms with Crippen LogP contribution in [-0.4, -0.2) is 36.3 Å². The van der Waals surface area contributed by atoms with E-state index in [1.807, 2.05) is 29.2 Å². The van der Waals surface area contributed by atoms with Crippen LogP contribution in [0.15, 0.2) is 24.3 Å². The molecule has 5 nitrogen and oxygen atoms in total. The second kappa shape index (κ2) is 6.32. The van der Waals surface area contributed by atoms with E-state index in [-0.39, 0.29) is 23.1 Å². The fourth-order valence-electron chi connectivity index (χ4n) is 2.99. The van der Waals surface area contributed by atoms with Gasteiger partial charge in [0, 0.05) is 24.7 Å². The van der Waals surface area contributed by atoms with E-state index in [0.717, 1.165) is 43.6 Å². The Kier molecular flexibility index (Phi) is 4.39. The zero-order valence-electron chi connectivity index (χ0n) is 13.7. The van der Waals surface area contributed by atoms with Gasteiger partial charge in [-0.05, 0) is 48.9 Å². The highest BCUT2D eigenvalue weighted by atomic mass is 16.2. The van der Waals surface area contributed by atoms with E-state index in [1.165, 1.54) is 0 Å². The molecular formula is C18H25N3O2. The minimum absolute atomic E-state index is 0.0621. The molecule has 1 aromatic rings. The lowest BCUT2D eigenvalue weighted by Crippen LogP contribution is -2.35. The Labute approximate surface area is 137 Å². The quantitative estimate of drug-likeness (QED) is 0.869. The van der Waals surface area contributed by atoms with Crippen molar-refractivity contribution in [1.82, 2.24) is 4.90 Å². The van der Waals surface area contributed by atoms with Gasteiger partial charge >= 0.3 is 0 Å². The summed E-state index contributed by atoms with van der Waals surface area (Å²) in [6, 6.07) is 7.57. The largest absolute Gasteiger partial charge is 0.342 e. The van der Waals surface area contributed by atoms with Crippen LogP contribution in [0.5, 0.6) is 0 Å². The van der Waals surface area contributed by atoms with E-state index in [2.05, 4.69) is 12.2 Å². The minimum Gasteiger partial charge on any atom is -0.342 e. The summed E-state index contributed by atoms with van der Waals surface area (Å²) in [6.45, 7) is 4.30. The second-order valence-electron chi connectivity index (χ2n) is 7.22. The van der Waals surface area contributed by atoms with Gasteiger partial charge < -0.3 is 16.0 Å². The maximum atomic E-state index is 12.4. The molecule has 124 valence electrons. The molecule has 1 heterocycles. The zero-order chi connectivity index (χ0) is 16.4. The maximum absolute atomic E-state index is 12.4. The first-order valence-corrected chi connectivity index (χ1v) is 8.37. The predicted octanol–water partition coefficient (Wildman–Crippen LogP) is 1.77. The molecule has 2 fully saturated rings. The van der Waals surface area contributed by atoms with Crippen LogP contribution in [0.3, 0.4) is 0 Å². The summed E-state index contributed by atoms with van der Waals surface area (Å²) in [4.78, 5) is 26.0. The first-order chi connectivity index (χ1) is 11.0. The van der Waals surface area contributed by atoms with Crippen LogP contribution in [0.4, 0.5) is 5.69 Å². The summed E-state index contributed by atoms with van der Waals surface area (Å²) in [7, 11) is 0. The van der Waals surface area contributed by atoms with Crippen molar-refractivity contribution in [3.8, 4) is 0 Å². The molecule has 5 heteroatoms. The van der Waals surface area contributed by atoms with Crippen molar-refractivity contribution < 1.29 is 9.59 Å². The summed E-state index contributed by atoms with van der Waals surface area (Å²) in [5.41, 5.74) is 7.63. The first kappa shape index (κ1) is 16.0. The number of carbonyl (C=O) groups is 2. The van der Waals surface area contributed by atoms with Crippen LogP contribution >= 0.6 is 0 Å². The molecule has 1 aromatic carbocycles. The SMILES string of the molecule is CC1(CN)CCN(C(=O)Cc2ccc(NC(=O)C3CC3)cc2)C1. The third-order valence-electron chi connectivity index (χ3n) is 4.93. The Balaban J connectivity index is 1.53. The molecule has 2 amide bonds. The first-order valence-electron chi connectivity index (χ1n) is 8.37. The van der Waals surface area contributed by atoms with Gasteiger partial charge in [-0.2, -0.15) is 0 Å². The molecule has 2 aliphatic rings. The van der Waals surface area contributed by atoms with Crippen molar-refractivity contribution in [2.45, 2.75) is 32.6 Å². The molecule has 1 aliphatic heterocycles. The molecule has 1 unspecified atom stereocenters. The van der Waals surface area contributed by atoms with Crippen LogP contribution in [0.25, 0.3) is 0 Å². The van der Waals surface area contributed by atoms with Gasteiger partial charge in [0.05, 0.1) is 6.42 Å². The van der Waals surface area contributed by atoms with E-state index in [9.17, 15) is 9.59 Å². The van der Waals surface area contributed by atoms with Gasteiger partial charge in [-0.1, -0.05) is 19.1 Å². The topological polar surface area (TPSA) is 75.4 Å². The monoisotopic (exact) mass is 315 g/mol. The maximum Gasteiger partial charge on any atom is 0.227 e. The number of hydrogen-bond acceptors (Lipinski definition) is 3. The lowest BCUT2D eigenvalue weighted by Gasteiger charge is -2.22. The van der Waals surface area contributed by atoms with E-state index in [0.29, 0.717) is 13.0 Å². The Morgan fingerprint density at radius 1 is 1.30 bits per heavy atom. The number of nitrogens with zero attached hydrogens (tertiary/aromatic N) is 1. The number of anilines is 1. The van der Waals surface area contributed by atoms with Crippen LogP contribution < -0.4 is 11.1 Å². The van der Waals surface area contributed by atoms with E-state index < -0.39 is 0 Å². The van der Waals surface area contributed by atoms with Crippen LogP contribution in [0, 0.1) is 11.3 Å². The van der Waals surface area contributed by atoms with Crippen LogP contribution in [-0.2, 0) is 16.0 Å². The van der Waals surface area contributed by atoms with Gasteiger partial charge in [0.25, 0.3) is 0 Å². The lowest BCUT2D eigenvalue weighted by molar-refractivity contribution is -0.129. The zero-order valence-corrected chi connectivity index (χ0v) is 13.7. The van der Waals surface area contributed by atoms with E-state index in [4.69, 9.17) is 5.73 Å². The van der Waals surface area contributed by atoms with Crippen molar-refractivity contribution in [1.29, 1.82) is 0 Å². The highest BCUT2D eigenvalue weighted by molar-refractivity contribution is 5.94. The number of rotatable bonds is 5. The van der Waals surface area contributed by atoms with E-state index >= 15 is 0 Å². The molecule has 1 aliphatic carbocycles. The van der Waals surface area contributed by atoms with Gasteiger partial charge in [0.2, 0.25) is 11.8 Å². The molecule has 3 rings (SSSR count). The van der Waals surface area contributed by atoms with Crippen LogP contribution in [0.2, 0.25) is 0 Å².